The number of aliphatic hydroxyl groups is 1. The molecule has 0 radical (unpaired) electrons. The van der Waals surface area contributed by atoms with Gasteiger partial charge < -0.3 is 24.4 Å². The second-order valence-corrected chi connectivity index (χ2v) is 5.70. The van der Waals surface area contributed by atoms with Gasteiger partial charge in [0.05, 0.1) is 7.11 Å². The molecule has 0 fully saturated rings. The molecule has 0 aliphatic rings. The number of aromatic hydroxyl groups is 1. The van der Waals surface area contributed by atoms with Crippen molar-refractivity contribution in [3.8, 4) is 11.5 Å². The Bertz CT molecular complexity index is 678. The van der Waals surface area contributed by atoms with Gasteiger partial charge in [-0.25, -0.2) is 4.79 Å². The number of rotatable bonds is 7. The number of hydrogen-bond acceptors (Lipinski definition) is 7. The summed E-state index contributed by atoms with van der Waals surface area (Å²) in [5.41, 5.74) is -0.831. The summed E-state index contributed by atoms with van der Waals surface area (Å²) in [6, 6.07) is 2.83. The maximum absolute atomic E-state index is 11.9. The second-order valence-electron chi connectivity index (χ2n) is 5.70. The smallest absolute Gasteiger partial charge is 0.333 e. The average Bonchev–Trinajstić information content (AvgIpc) is 2.58. The number of phenols is 1. The zero-order valence-electron chi connectivity index (χ0n) is 15.1. The summed E-state index contributed by atoms with van der Waals surface area (Å²) in [6.45, 7) is 5.17. The van der Waals surface area contributed by atoms with E-state index in [9.17, 15) is 19.8 Å². The third-order valence-corrected chi connectivity index (χ3v) is 3.73. The number of benzene rings is 1. The van der Waals surface area contributed by atoms with Gasteiger partial charge in [-0.3, -0.25) is 4.79 Å². The molecule has 0 saturated heterocycles. The van der Waals surface area contributed by atoms with Gasteiger partial charge in [0.15, 0.2) is 5.60 Å². The molecule has 1 unspecified atom stereocenters. The van der Waals surface area contributed by atoms with E-state index in [0.717, 1.165) is 0 Å². The number of ether oxygens (including phenoxy) is 3. The van der Waals surface area contributed by atoms with Gasteiger partial charge in [-0.05, 0) is 38.5 Å². The molecule has 0 aliphatic heterocycles. The minimum atomic E-state index is -1.88. The Morgan fingerprint density at radius 2 is 1.80 bits per heavy atom. The van der Waals surface area contributed by atoms with E-state index < -0.39 is 30.8 Å². The number of phenolic OH excluding ortho intramolecular Hbond substituents is 1. The second kappa shape index (κ2) is 8.53. The van der Waals surface area contributed by atoms with Crippen molar-refractivity contribution >= 4 is 11.9 Å². The van der Waals surface area contributed by atoms with Crippen molar-refractivity contribution in [3.63, 3.8) is 0 Å². The summed E-state index contributed by atoms with van der Waals surface area (Å²) in [5, 5.41) is 21.0. The molecule has 25 heavy (non-hydrogen) atoms. The lowest BCUT2D eigenvalue weighted by Gasteiger charge is -2.29. The molecule has 0 saturated carbocycles. The van der Waals surface area contributed by atoms with Crippen LogP contribution in [0, 0.1) is 6.92 Å². The molecule has 0 amide bonds. The first-order valence-electron chi connectivity index (χ1n) is 7.68. The van der Waals surface area contributed by atoms with E-state index in [1.165, 1.54) is 26.2 Å². The predicted molar refractivity (Wildman–Crippen MR) is 90.3 cm³/mol. The van der Waals surface area contributed by atoms with E-state index >= 15 is 0 Å². The van der Waals surface area contributed by atoms with Gasteiger partial charge in [0, 0.05) is 18.1 Å². The third-order valence-electron chi connectivity index (χ3n) is 3.73. The Hall–Kier alpha value is -2.54. The third kappa shape index (κ3) is 5.22. The van der Waals surface area contributed by atoms with Gasteiger partial charge in [0.1, 0.15) is 24.7 Å². The highest BCUT2D eigenvalue weighted by atomic mass is 16.6. The highest BCUT2D eigenvalue weighted by Gasteiger charge is 2.36. The first kappa shape index (κ1) is 20.5. The Kier molecular flexibility index (Phi) is 6.99. The van der Waals surface area contributed by atoms with Crippen molar-refractivity contribution in [2.45, 2.75) is 33.3 Å². The number of aryl methyl sites for hydroxylation is 1. The van der Waals surface area contributed by atoms with E-state index in [1.54, 1.807) is 26.8 Å². The molecule has 0 heterocycles. The first-order chi connectivity index (χ1) is 11.6. The average molecular weight is 352 g/mol. The van der Waals surface area contributed by atoms with E-state index in [4.69, 9.17) is 14.2 Å². The number of carbonyl (C=O) groups is 2. The van der Waals surface area contributed by atoms with E-state index in [2.05, 4.69) is 0 Å². The largest absolute Gasteiger partial charge is 0.508 e. The van der Waals surface area contributed by atoms with Gasteiger partial charge in [-0.2, -0.15) is 0 Å². The molecule has 138 valence electrons. The zero-order valence-corrected chi connectivity index (χ0v) is 15.1. The lowest BCUT2D eigenvalue weighted by molar-refractivity contribution is -0.160. The van der Waals surface area contributed by atoms with Crippen LogP contribution in [0.1, 0.15) is 31.9 Å². The molecule has 0 aromatic heterocycles. The number of methoxy groups -OCH3 is 1. The summed E-state index contributed by atoms with van der Waals surface area (Å²) in [7, 11) is 1.40. The van der Waals surface area contributed by atoms with Crippen molar-refractivity contribution < 1.29 is 34.0 Å². The lowest BCUT2D eigenvalue weighted by atomic mass is 9.93. The maximum atomic E-state index is 11.9. The normalized spacial score (nSPS) is 13.8. The van der Waals surface area contributed by atoms with E-state index in [0.29, 0.717) is 11.1 Å². The van der Waals surface area contributed by atoms with Crippen molar-refractivity contribution in [2.75, 3.05) is 20.3 Å². The van der Waals surface area contributed by atoms with E-state index in [1.807, 2.05) is 0 Å². The molecule has 1 aromatic carbocycles. The molecule has 1 atom stereocenters. The Morgan fingerprint density at radius 3 is 2.32 bits per heavy atom. The van der Waals surface area contributed by atoms with Crippen molar-refractivity contribution in [3.05, 3.63) is 34.9 Å². The lowest BCUT2D eigenvalue weighted by Crippen LogP contribution is -2.39. The Labute approximate surface area is 146 Å². The fourth-order valence-corrected chi connectivity index (χ4v) is 2.04. The van der Waals surface area contributed by atoms with Crippen LogP contribution in [-0.4, -0.2) is 42.5 Å². The van der Waals surface area contributed by atoms with Crippen LogP contribution in [0.3, 0.4) is 0 Å². The monoisotopic (exact) mass is 352 g/mol. The molecule has 0 aliphatic carbocycles. The topological polar surface area (TPSA) is 102 Å². The summed E-state index contributed by atoms with van der Waals surface area (Å²) in [4.78, 5) is 23.0. The Morgan fingerprint density at radius 1 is 1.20 bits per heavy atom. The highest BCUT2D eigenvalue weighted by Crippen LogP contribution is 2.36. The van der Waals surface area contributed by atoms with Crippen LogP contribution < -0.4 is 4.74 Å². The predicted octanol–water partition coefficient (Wildman–Crippen LogP) is 1.97. The summed E-state index contributed by atoms with van der Waals surface area (Å²) in [5.74, 6) is -1.03. The molecule has 1 aromatic rings. The van der Waals surface area contributed by atoms with Gasteiger partial charge in [0.2, 0.25) is 0 Å². The van der Waals surface area contributed by atoms with Gasteiger partial charge in [0.25, 0.3) is 0 Å². The van der Waals surface area contributed by atoms with Crippen LogP contribution in [0.25, 0.3) is 0 Å². The minimum absolute atomic E-state index is 0.0759. The number of hydrogen-bond donors (Lipinski definition) is 2. The fourth-order valence-electron chi connectivity index (χ4n) is 2.04. The fraction of sp³-hybridized carbons (Fsp3) is 0.444. The van der Waals surface area contributed by atoms with Crippen molar-refractivity contribution in [1.82, 2.24) is 0 Å². The summed E-state index contributed by atoms with van der Waals surface area (Å²) < 4.78 is 15.3. The van der Waals surface area contributed by atoms with Gasteiger partial charge in [-0.1, -0.05) is 6.08 Å². The van der Waals surface area contributed by atoms with Crippen molar-refractivity contribution in [2.24, 2.45) is 0 Å². The van der Waals surface area contributed by atoms with Crippen LogP contribution in [0.4, 0.5) is 0 Å². The molecule has 0 bridgehead atoms. The van der Waals surface area contributed by atoms with Crippen LogP contribution in [0.2, 0.25) is 0 Å². The highest BCUT2D eigenvalue weighted by molar-refractivity contribution is 5.87. The molecule has 7 heteroatoms. The number of allylic oxidation sites excluding steroid dienone is 1. The Balaban J connectivity index is 3.25. The van der Waals surface area contributed by atoms with Crippen LogP contribution in [-0.2, 0) is 24.7 Å². The molecular formula is C18H24O7. The minimum Gasteiger partial charge on any atom is -0.508 e. The molecule has 1 rings (SSSR count). The number of esters is 2. The molecule has 0 spiro atoms. The van der Waals surface area contributed by atoms with Crippen LogP contribution in [0.5, 0.6) is 11.5 Å². The van der Waals surface area contributed by atoms with Crippen molar-refractivity contribution in [1.29, 1.82) is 0 Å². The van der Waals surface area contributed by atoms with Gasteiger partial charge >= 0.3 is 11.9 Å². The number of carbonyl (C=O) groups excluding carboxylic acids is 2. The zero-order chi connectivity index (χ0) is 19.2. The standard InChI is InChI=1S/C18H24O7/c1-6-11(2)17(21)25-10-18(22,9-24-13(4)19)14-8-15(20)12(3)7-16(14)23-5/h6-8,20,22H,9-10H2,1-5H3. The maximum Gasteiger partial charge on any atom is 0.333 e. The van der Waals surface area contributed by atoms with Crippen LogP contribution >= 0.6 is 0 Å². The summed E-state index contributed by atoms with van der Waals surface area (Å²) in [6.07, 6.45) is 1.58. The molecule has 2 N–H and O–H groups in total. The quantitative estimate of drug-likeness (QED) is 0.571. The van der Waals surface area contributed by atoms with Crippen LogP contribution in [0.15, 0.2) is 23.8 Å². The SMILES string of the molecule is CC=C(C)C(=O)OCC(O)(COC(C)=O)c1cc(O)c(C)cc1OC. The van der Waals surface area contributed by atoms with Gasteiger partial charge in [-0.15, -0.1) is 0 Å². The van der Waals surface area contributed by atoms with E-state index in [-0.39, 0.29) is 17.1 Å². The molecular weight excluding hydrogens is 328 g/mol. The summed E-state index contributed by atoms with van der Waals surface area (Å²) >= 11 is 0. The first-order valence-corrected chi connectivity index (χ1v) is 7.68. The molecule has 7 nitrogen and oxygen atoms in total.